The van der Waals surface area contributed by atoms with E-state index in [0.717, 1.165) is 11.1 Å². The molecule has 0 bridgehead atoms. The fourth-order valence-electron chi connectivity index (χ4n) is 1.98. The number of rotatable bonds is 0. The maximum Gasteiger partial charge on any atom is 0.0418 e. The highest BCUT2D eigenvalue weighted by atomic mass is 35.5. The van der Waals surface area contributed by atoms with Crippen molar-refractivity contribution in [3.8, 4) is 11.8 Å². The summed E-state index contributed by atoms with van der Waals surface area (Å²) < 4.78 is 0. The first-order valence-electron chi connectivity index (χ1n) is 6.08. The normalized spacial score (nSPS) is 9.95. The molecule has 0 heterocycles. The van der Waals surface area contributed by atoms with Gasteiger partial charge in [-0.05, 0) is 41.1 Å². The summed E-state index contributed by atoms with van der Waals surface area (Å²) >= 11 is 5.94. The van der Waals surface area contributed by atoms with E-state index in [1.165, 1.54) is 10.8 Å². The van der Waals surface area contributed by atoms with Crippen LogP contribution in [0, 0.1) is 11.8 Å². The summed E-state index contributed by atoms with van der Waals surface area (Å²) in [4.78, 5) is 0. The zero-order valence-corrected chi connectivity index (χ0v) is 11.0. The van der Waals surface area contributed by atoms with Crippen LogP contribution in [0.4, 0.5) is 0 Å². The molecular formula is C18H11Cl. The number of halogens is 1. The van der Waals surface area contributed by atoms with E-state index >= 15 is 0 Å². The van der Waals surface area contributed by atoms with E-state index in [-0.39, 0.29) is 0 Å². The fraction of sp³-hybridized carbons (Fsp3) is 0. The predicted octanol–water partition coefficient (Wildman–Crippen LogP) is 4.89. The molecule has 19 heavy (non-hydrogen) atoms. The minimum atomic E-state index is 0.713. The van der Waals surface area contributed by atoms with Gasteiger partial charge >= 0.3 is 0 Å². The first kappa shape index (κ1) is 11.8. The molecule has 3 rings (SSSR count). The lowest BCUT2D eigenvalue weighted by molar-refractivity contribution is 1.64. The van der Waals surface area contributed by atoms with E-state index in [1.54, 1.807) is 0 Å². The monoisotopic (exact) mass is 262 g/mol. The summed E-state index contributed by atoms with van der Waals surface area (Å²) in [6.07, 6.45) is 0. The standard InChI is InChI=1S/C18H11Cl/c19-18-7-3-4-14(13-18)8-9-15-10-11-16-5-1-2-6-17(16)12-15/h1-7,10-13H. The highest BCUT2D eigenvalue weighted by Crippen LogP contribution is 2.15. The Kier molecular flexibility index (Phi) is 3.23. The van der Waals surface area contributed by atoms with Gasteiger partial charge in [0.15, 0.2) is 0 Å². The van der Waals surface area contributed by atoms with Crippen LogP contribution in [0.15, 0.2) is 66.7 Å². The highest BCUT2D eigenvalue weighted by molar-refractivity contribution is 6.30. The Morgan fingerprint density at radius 3 is 2.16 bits per heavy atom. The topological polar surface area (TPSA) is 0 Å². The average molecular weight is 263 g/mol. The van der Waals surface area contributed by atoms with Crippen molar-refractivity contribution in [2.24, 2.45) is 0 Å². The quantitative estimate of drug-likeness (QED) is 0.506. The highest BCUT2D eigenvalue weighted by Gasteiger charge is 1.93. The van der Waals surface area contributed by atoms with Gasteiger partial charge in [-0.1, -0.05) is 59.8 Å². The summed E-state index contributed by atoms with van der Waals surface area (Å²) in [7, 11) is 0. The van der Waals surface area contributed by atoms with E-state index in [0.29, 0.717) is 5.02 Å². The van der Waals surface area contributed by atoms with Crippen LogP contribution in [0.25, 0.3) is 10.8 Å². The maximum absolute atomic E-state index is 5.94. The minimum absolute atomic E-state index is 0.713. The van der Waals surface area contributed by atoms with Crippen molar-refractivity contribution < 1.29 is 0 Å². The molecule has 0 N–H and O–H groups in total. The Balaban J connectivity index is 1.98. The molecule has 0 saturated heterocycles. The number of fused-ring (bicyclic) bond motifs is 1. The molecule has 0 unspecified atom stereocenters. The van der Waals surface area contributed by atoms with E-state index < -0.39 is 0 Å². The molecular weight excluding hydrogens is 252 g/mol. The van der Waals surface area contributed by atoms with Gasteiger partial charge in [0.25, 0.3) is 0 Å². The first-order chi connectivity index (χ1) is 9.31. The fourth-order valence-corrected chi connectivity index (χ4v) is 2.17. The van der Waals surface area contributed by atoms with Gasteiger partial charge < -0.3 is 0 Å². The summed E-state index contributed by atoms with van der Waals surface area (Å²) in [5.41, 5.74) is 1.94. The van der Waals surface area contributed by atoms with Gasteiger partial charge in [-0.15, -0.1) is 0 Å². The molecule has 0 aromatic heterocycles. The molecule has 0 spiro atoms. The molecule has 0 aliphatic rings. The van der Waals surface area contributed by atoms with Crippen molar-refractivity contribution in [2.45, 2.75) is 0 Å². The summed E-state index contributed by atoms with van der Waals surface area (Å²) in [6, 6.07) is 22.1. The van der Waals surface area contributed by atoms with Crippen molar-refractivity contribution in [1.82, 2.24) is 0 Å². The molecule has 0 radical (unpaired) electrons. The molecule has 3 aromatic rings. The lowest BCUT2D eigenvalue weighted by atomic mass is 10.1. The van der Waals surface area contributed by atoms with Gasteiger partial charge in [-0.25, -0.2) is 0 Å². The molecule has 0 saturated carbocycles. The van der Waals surface area contributed by atoms with E-state index in [2.05, 4.69) is 36.1 Å². The van der Waals surface area contributed by atoms with Gasteiger partial charge in [0, 0.05) is 16.1 Å². The van der Waals surface area contributed by atoms with Gasteiger partial charge in [-0.3, -0.25) is 0 Å². The van der Waals surface area contributed by atoms with Crippen molar-refractivity contribution in [3.63, 3.8) is 0 Å². The Hall–Kier alpha value is -2.23. The van der Waals surface area contributed by atoms with Gasteiger partial charge in [0.2, 0.25) is 0 Å². The van der Waals surface area contributed by atoms with Crippen molar-refractivity contribution in [2.75, 3.05) is 0 Å². The summed E-state index contributed by atoms with van der Waals surface area (Å²) in [5.74, 6) is 6.30. The Labute approximate surface area is 117 Å². The molecule has 1 heteroatoms. The molecule has 0 aliphatic heterocycles. The maximum atomic E-state index is 5.94. The predicted molar refractivity (Wildman–Crippen MR) is 81.4 cm³/mol. The van der Waals surface area contributed by atoms with Crippen LogP contribution in [-0.2, 0) is 0 Å². The summed E-state index contributed by atoms with van der Waals surface area (Å²) in [6.45, 7) is 0. The van der Waals surface area contributed by atoms with Crippen molar-refractivity contribution >= 4 is 22.4 Å². The van der Waals surface area contributed by atoms with E-state index in [4.69, 9.17) is 11.6 Å². The first-order valence-corrected chi connectivity index (χ1v) is 6.45. The lowest BCUT2D eigenvalue weighted by Gasteiger charge is -1.97. The van der Waals surface area contributed by atoms with E-state index in [9.17, 15) is 0 Å². The Morgan fingerprint density at radius 1 is 0.632 bits per heavy atom. The number of benzene rings is 3. The molecule has 0 fully saturated rings. The van der Waals surface area contributed by atoms with Gasteiger partial charge in [0.05, 0.1) is 0 Å². The molecule has 3 aromatic carbocycles. The molecule has 0 aliphatic carbocycles. The van der Waals surface area contributed by atoms with Crippen LogP contribution in [0.3, 0.4) is 0 Å². The smallest absolute Gasteiger partial charge is 0.0418 e. The van der Waals surface area contributed by atoms with Crippen LogP contribution in [0.5, 0.6) is 0 Å². The third-order valence-electron chi connectivity index (χ3n) is 2.93. The summed E-state index contributed by atoms with van der Waals surface area (Å²) in [5, 5.41) is 3.15. The molecule has 0 atom stereocenters. The van der Waals surface area contributed by atoms with E-state index in [1.807, 2.05) is 42.5 Å². The lowest BCUT2D eigenvalue weighted by Crippen LogP contribution is -1.78. The molecule has 0 amide bonds. The van der Waals surface area contributed by atoms with Gasteiger partial charge in [0.1, 0.15) is 0 Å². The Morgan fingerprint density at radius 2 is 1.37 bits per heavy atom. The van der Waals surface area contributed by atoms with Crippen molar-refractivity contribution in [3.05, 3.63) is 82.9 Å². The minimum Gasteiger partial charge on any atom is -0.0843 e. The van der Waals surface area contributed by atoms with Crippen molar-refractivity contribution in [1.29, 1.82) is 0 Å². The van der Waals surface area contributed by atoms with Crippen LogP contribution < -0.4 is 0 Å². The Bertz CT molecular complexity index is 791. The second kappa shape index (κ2) is 5.18. The third kappa shape index (κ3) is 2.78. The number of hydrogen-bond donors (Lipinski definition) is 0. The second-order valence-electron chi connectivity index (χ2n) is 4.32. The average Bonchev–Trinajstić information content (AvgIpc) is 2.45. The van der Waals surface area contributed by atoms with Crippen LogP contribution in [-0.4, -0.2) is 0 Å². The zero-order chi connectivity index (χ0) is 13.1. The largest absolute Gasteiger partial charge is 0.0843 e. The molecule has 0 nitrogen and oxygen atoms in total. The zero-order valence-electron chi connectivity index (χ0n) is 10.2. The van der Waals surface area contributed by atoms with Gasteiger partial charge in [-0.2, -0.15) is 0 Å². The SMILES string of the molecule is Clc1cccc(C#Cc2ccc3ccccc3c2)c1. The molecule has 90 valence electrons. The van der Waals surface area contributed by atoms with Crippen LogP contribution >= 0.6 is 11.6 Å². The van der Waals surface area contributed by atoms with Crippen LogP contribution in [0.1, 0.15) is 11.1 Å². The van der Waals surface area contributed by atoms with Crippen LogP contribution in [0.2, 0.25) is 5.02 Å². The second-order valence-corrected chi connectivity index (χ2v) is 4.76. The number of hydrogen-bond acceptors (Lipinski definition) is 0. The third-order valence-corrected chi connectivity index (χ3v) is 3.16.